The van der Waals surface area contributed by atoms with Gasteiger partial charge in [0.05, 0.1) is 18.5 Å². The number of carbonyl (C=O) groups excluding carboxylic acids is 1. The summed E-state index contributed by atoms with van der Waals surface area (Å²) >= 11 is 0. The van der Waals surface area contributed by atoms with Gasteiger partial charge in [0.25, 0.3) is 5.09 Å². The number of carbonyl (C=O) groups is 1. The predicted molar refractivity (Wildman–Crippen MR) is 107 cm³/mol. The first-order valence-corrected chi connectivity index (χ1v) is 8.78. The summed E-state index contributed by atoms with van der Waals surface area (Å²) in [5, 5.41) is 11.6. The van der Waals surface area contributed by atoms with E-state index in [1.165, 1.54) is 23.3 Å². The number of fused-ring (bicyclic) bond motifs is 1. The van der Waals surface area contributed by atoms with E-state index in [0.29, 0.717) is 11.4 Å². The van der Waals surface area contributed by atoms with E-state index in [-0.39, 0.29) is 13.2 Å². The molecule has 1 heterocycles. The Labute approximate surface area is 168 Å². The normalized spacial score (nSPS) is 9.90. The molecule has 1 aromatic heterocycles. The second-order valence-corrected chi connectivity index (χ2v) is 6.06. The Balaban J connectivity index is 0.000000211. The number of rotatable bonds is 6. The lowest BCUT2D eigenvalue weighted by molar-refractivity contribution is -0.763. The van der Waals surface area contributed by atoms with Gasteiger partial charge in [0.15, 0.2) is 0 Å². The fraction of sp³-hybridized carbons (Fsp3) is 0.238. The number of hydrogen-bond donors (Lipinski definition) is 0. The first-order valence-electron chi connectivity index (χ1n) is 8.78. The van der Waals surface area contributed by atoms with Gasteiger partial charge in [-0.2, -0.15) is 0 Å². The SMILES string of the molecule is CC(=O)OCc1cccc(CO[N+](=O)[O-])n1.COc1ccc2c(C)cccc2c1. The molecule has 8 nitrogen and oxygen atoms in total. The highest BCUT2D eigenvalue weighted by Gasteiger charge is 2.02. The van der Waals surface area contributed by atoms with Crippen LogP contribution in [0.15, 0.2) is 54.6 Å². The minimum Gasteiger partial charge on any atom is -0.497 e. The molecule has 0 spiro atoms. The molecule has 0 bridgehead atoms. The van der Waals surface area contributed by atoms with Crippen molar-refractivity contribution in [3.63, 3.8) is 0 Å². The molecule has 0 aliphatic carbocycles. The van der Waals surface area contributed by atoms with Gasteiger partial charge in [0.1, 0.15) is 19.0 Å². The highest BCUT2D eigenvalue weighted by Crippen LogP contribution is 2.22. The van der Waals surface area contributed by atoms with Crippen molar-refractivity contribution in [2.75, 3.05) is 7.11 Å². The molecule has 0 saturated heterocycles. The van der Waals surface area contributed by atoms with Gasteiger partial charge in [-0.1, -0.05) is 30.3 Å². The molecule has 8 heteroatoms. The molecular formula is C21H22N2O6. The molecule has 0 radical (unpaired) electrons. The van der Waals surface area contributed by atoms with Crippen molar-refractivity contribution < 1.29 is 24.2 Å². The standard InChI is InChI=1S/C12H12O.C9H10N2O5/c1-9-4-3-5-10-8-11(13-2)6-7-12(9)10;1-7(12)15-5-8-3-2-4-9(10-8)6-16-11(13)14/h3-8H,1-2H3;2-4H,5-6H2,1H3. The van der Waals surface area contributed by atoms with Crippen molar-refractivity contribution in [3.05, 3.63) is 81.7 Å². The molecule has 0 N–H and O–H groups in total. The molecule has 0 unspecified atom stereocenters. The summed E-state index contributed by atoms with van der Waals surface area (Å²) in [6, 6.07) is 17.3. The third kappa shape index (κ3) is 7.10. The maximum atomic E-state index is 10.6. The smallest absolute Gasteiger partial charge is 0.303 e. The van der Waals surface area contributed by atoms with Crippen LogP contribution in [0.2, 0.25) is 0 Å². The van der Waals surface area contributed by atoms with Crippen molar-refractivity contribution in [1.82, 2.24) is 4.98 Å². The van der Waals surface area contributed by atoms with E-state index < -0.39 is 11.1 Å². The zero-order chi connectivity index (χ0) is 21.2. The number of aryl methyl sites for hydroxylation is 1. The molecule has 3 rings (SSSR count). The Morgan fingerprint density at radius 3 is 2.41 bits per heavy atom. The molecule has 29 heavy (non-hydrogen) atoms. The van der Waals surface area contributed by atoms with Crippen molar-refractivity contribution in [2.24, 2.45) is 0 Å². The van der Waals surface area contributed by atoms with Crippen LogP contribution in [0.4, 0.5) is 0 Å². The van der Waals surface area contributed by atoms with Crippen LogP contribution in [0, 0.1) is 17.0 Å². The van der Waals surface area contributed by atoms with E-state index in [1.807, 2.05) is 6.07 Å². The van der Waals surface area contributed by atoms with Gasteiger partial charge in [-0.15, -0.1) is 10.1 Å². The van der Waals surface area contributed by atoms with Crippen LogP contribution in [0.5, 0.6) is 5.75 Å². The lowest BCUT2D eigenvalue weighted by Gasteiger charge is -2.04. The molecule has 2 aromatic carbocycles. The second kappa shape index (κ2) is 10.6. The Hall–Kier alpha value is -3.68. The zero-order valence-electron chi connectivity index (χ0n) is 16.5. The van der Waals surface area contributed by atoms with Gasteiger partial charge in [-0.3, -0.25) is 9.78 Å². The van der Waals surface area contributed by atoms with Crippen LogP contribution in [-0.2, 0) is 27.6 Å². The van der Waals surface area contributed by atoms with Gasteiger partial charge >= 0.3 is 5.97 Å². The van der Waals surface area contributed by atoms with E-state index in [1.54, 1.807) is 25.3 Å². The number of methoxy groups -OCH3 is 1. The van der Waals surface area contributed by atoms with Crippen molar-refractivity contribution >= 4 is 16.7 Å². The summed E-state index contributed by atoms with van der Waals surface area (Å²) < 4.78 is 9.89. The average Bonchev–Trinajstić information content (AvgIpc) is 2.71. The number of ether oxygens (including phenoxy) is 2. The highest BCUT2D eigenvalue weighted by molar-refractivity contribution is 5.86. The number of benzene rings is 2. The number of aromatic nitrogens is 1. The zero-order valence-corrected chi connectivity index (χ0v) is 16.5. The third-order valence-corrected chi connectivity index (χ3v) is 3.91. The van der Waals surface area contributed by atoms with Gasteiger partial charge < -0.3 is 14.3 Å². The lowest BCUT2D eigenvalue weighted by atomic mass is 10.1. The lowest BCUT2D eigenvalue weighted by Crippen LogP contribution is -2.05. The van der Waals surface area contributed by atoms with Gasteiger partial charge in [-0.25, -0.2) is 0 Å². The molecule has 0 saturated carbocycles. The van der Waals surface area contributed by atoms with E-state index >= 15 is 0 Å². The largest absolute Gasteiger partial charge is 0.497 e. The van der Waals surface area contributed by atoms with Crippen LogP contribution in [0.1, 0.15) is 23.9 Å². The van der Waals surface area contributed by atoms with Crippen molar-refractivity contribution in [3.8, 4) is 5.75 Å². The van der Waals surface area contributed by atoms with Crippen LogP contribution < -0.4 is 4.74 Å². The van der Waals surface area contributed by atoms with Crippen LogP contribution in [0.3, 0.4) is 0 Å². The molecular weight excluding hydrogens is 376 g/mol. The Morgan fingerprint density at radius 1 is 1.07 bits per heavy atom. The molecule has 0 aliphatic heterocycles. The summed E-state index contributed by atoms with van der Waals surface area (Å²) in [6.45, 7) is 3.23. The molecule has 3 aromatic rings. The Morgan fingerprint density at radius 2 is 1.76 bits per heavy atom. The summed E-state index contributed by atoms with van der Waals surface area (Å²) in [5.41, 5.74) is 2.22. The summed E-state index contributed by atoms with van der Waals surface area (Å²) in [5.74, 6) is 0.506. The maximum absolute atomic E-state index is 10.6. The summed E-state index contributed by atoms with van der Waals surface area (Å²) in [4.78, 5) is 28.7. The van der Waals surface area contributed by atoms with Gasteiger partial charge in [0.2, 0.25) is 0 Å². The van der Waals surface area contributed by atoms with Crippen LogP contribution in [0.25, 0.3) is 10.8 Å². The molecule has 0 amide bonds. The highest BCUT2D eigenvalue weighted by atomic mass is 16.9. The Bertz CT molecular complexity index is 957. The Kier molecular flexibility index (Phi) is 7.90. The quantitative estimate of drug-likeness (QED) is 0.351. The van der Waals surface area contributed by atoms with E-state index in [2.05, 4.69) is 47.1 Å². The second-order valence-electron chi connectivity index (χ2n) is 6.06. The maximum Gasteiger partial charge on any atom is 0.303 e. The molecule has 0 aliphatic rings. The van der Waals surface area contributed by atoms with Crippen molar-refractivity contribution in [2.45, 2.75) is 27.1 Å². The minimum atomic E-state index is -0.888. The topological polar surface area (TPSA) is 101 Å². The number of pyridine rings is 1. The van der Waals surface area contributed by atoms with E-state index in [9.17, 15) is 14.9 Å². The fourth-order valence-electron chi connectivity index (χ4n) is 2.54. The summed E-state index contributed by atoms with van der Waals surface area (Å²) in [7, 11) is 1.69. The molecule has 0 fully saturated rings. The molecule has 152 valence electrons. The minimum absolute atomic E-state index is 0.0433. The number of nitrogens with zero attached hydrogens (tertiary/aromatic N) is 2. The van der Waals surface area contributed by atoms with Gasteiger partial charge in [0, 0.05) is 6.92 Å². The first-order chi connectivity index (χ1) is 13.9. The molecule has 0 atom stereocenters. The predicted octanol–water partition coefficient (Wildman–Crippen LogP) is 4.01. The van der Waals surface area contributed by atoms with Gasteiger partial charge in [-0.05, 0) is 47.5 Å². The number of hydrogen-bond acceptors (Lipinski definition) is 7. The van der Waals surface area contributed by atoms with E-state index in [4.69, 9.17) is 9.47 Å². The number of esters is 1. The average molecular weight is 398 g/mol. The fourth-order valence-corrected chi connectivity index (χ4v) is 2.54. The van der Waals surface area contributed by atoms with Crippen LogP contribution >= 0.6 is 0 Å². The van der Waals surface area contributed by atoms with Crippen molar-refractivity contribution in [1.29, 1.82) is 0 Å². The monoisotopic (exact) mass is 398 g/mol. The first kappa shape index (κ1) is 21.6. The third-order valence-electron chi connectivity index (χ3n) is 3.91. The van der Waals surface area contributed by atoms with Crippen LogP contribution in [-0.4, -0.2) is 23.1 Å². The summed E-state index contributed by atoms with van der Waals surface area (Å²) in [6.07, 6.45) is 0. The van der Waals surface area contributed by atoms with E-state index in [0.717, 1.165) is 5.75 Å².